The molecule has 0 heterocycles. The van der Waals surface area contributed by atoms with E-state index in [4.69, 9.17) is 5.73 Å². The van der Waals surface area contributed by atoms with Gasteiger partial charge in [0.1, 0.15) is 0 Å². The van der Waals surface area contributed by atoms with Crippen LogP contribution in [0.2, 0.25) is 0 Å². The average molecular weight is 170 g/mol. The lowest BCUT2D eigenvalue weighted by molar-refractivity contribution is 0.522. The van der Waals surface area contributed by atoms with Crippen LogP contribution in [0.25, 0.3) is 0 Å². The topological polar surface area (TPSA) is 29.3 Å². The third-order valence-electron chi connectivity index (χ3n) is 1.18. The molecule has 0 aliphatic heterocycles. The van der Waals surface area contributed by atoms with Gasteiger partial charge in [0.15, 0.2) is 0 Å². The molecule has 0 fully saturated rings. The maximum Gasteiger partial charge on any atom is 0.200 e. The van der Waals surface area contributed by atoms with Gasteiger partial charge in [-0.25, -0.2) is 0 Å². The fourth-order valence-electron chi connectivity index (χ4n) is 0.686. The SMILES string of the molecule is NC(=S)N(F)c1ccccc1. The molecule has 2 N–H and O–H groups in total. The van der Waals surface area contributed by atoms with Crippen LogP contribution in [0.15, 0.2) is 30.3 Å². The van der Waals surface area contributed by atoms with Crippen LogP contribution in [0.1, 0.15) is 0 Å². The highest BCUT2D eigenvalue weighted by Gasteiger charge is 2.04. The van der Waals surface area contributed by atoms with Crippen molar-refractivity contribution in [2.45, 2.75) is 0 Å². The Morgan fingerprint density at radius 2 is 1.91 bits per heavy atom. The Kier molecular flexibility index (Phi) is 2.38. The van der Waals surface area contributed by atoms with E-state index in [0.29, 0.717) is 5.69 Å². The highest BCUT2D eigenvalue weighted by atomic mass is 32.1. The number of nitrogens with two attached hydrogens (primary N) is 1. The van der Waals surface area contributed by atoms with E-state index >= 15 is 0 Å². The van der Waals surface area contributed by atoms with Crippen LogP contribution < -0.4 is 10.9 Å². The molecule has 2 nitrogen and oxygen atoms in total. The van der Waals surface area contributed by atoms with Crippen molar-refractivity contribution in [1.82, 2.24) is 0 Å². The van der Waals surface area contributed by atoms with Crippen molar-refractivity contribution in [3.8, 4) is 0 Å². The average Bonchev–Trinajstić information content (AvgIpc) is 2.05. The van der Waals surface area contributed by atoms with E-state index in [9.17, 15) is 4.48 Å². The summed E-state index contributed by atoms with van der Waals surface area (Å²) < 4.78 is 12.8. The number of rotatable bonds is 1. The molecule has 4 heteroatoms. The molecule has 1 aromatic carbocycles. The lowest BCUT2D eigenvalue weighted by atomic mass is 10.3. The first kappa shape index (κ1) is 7.94. The molecular weight excluding hydrogens is 163 g/mol. The van der Waals surface area contributed by atoms with Crippen LogP contribution in [0.3, 0.4) is 0 Å². The van der Waals surface area contributed by atoms with Gasteiger partial charge in [-0.15, -0.1) is 0 Å². The standard InChI is InChI=1S/C7H7FN2S/c8-10(7(9)11)6-4-2-1-3-5-6/h1-5H,(H2,9,11). The monoisotopic (exact) mass is 170 g/mol. The first-order valence-electron chi connectivity index (χ1n) is 3.02. The maximum atomic E-state index is 12.8. The van der Waals surface area contributed by atoms with Gasteiger partial charge < -0.3 is 5.73 Å². The van der Waals surface area contributed by atoms with Crippen molar-refractivity contribution in [2.75, 3.05) is 5.12 Å². The minimum absolute atomic E-state index is 0.259. The van der Waals surface area contributed by atoms with Crippen LogP contribution in [0, 0.1) is 0 Å². The second-order valence-corrected chi connectivity index (χ2v) is 2.37. The number of thiocarbonyl (C=S) groups is 1. The molecule has 58 valence electrons. The number of benzene rings is 1. The van der Waals surface area contributed by atoms with Gasteiger partial charge in [0.2, 0.25) is 5.11 Å². The Balaban J connectivity index is 2.85. The normalized spacial score (nSPS) is 9.18. The van der Waals surface area contributed by atoms with Gasteiger partial charge in [0.25, 0.3) is 0 Å². The van der Waals surface area contributed by atoms with Crippen LogP contribution in [-0.2, 0) is 0 Å². The molecule has 0 atom stereocenters. The third-order valence-corrected chi connectivity index (χ3v) is 1.34. The summed E-state index contributed by atoms with van der Waals surface area (Å²) in [6.45, 7) is 0. The van der Waals surface area contributed by atoms with Gasteiger partial charge in [-0.1, -0.05) is 22.7 Å². The minimum Gasteiger partial charge on any atom is -0.374 e. The van der Waals surface area contributed by atoms with E-state index in [-0.39, 0.29) is 10.2 Å². The first-order valence-corrected chi connectivity index (χ1v) is 3.43. The molecule has 0 aromatic heterocycles. The van der Waals surface area contributed by atoms with Gasteiger partial charge >= 0.3 is 0 Å². The minimum atomic E-state index is -0.281. The van der Waals surface area contributed by atoms with E-state index in [1.54, 1.807) is 30.3 Å². The fraction of sp³-hybridized carbons (Fsp3) is 0. The third kappa shape index (κ3) is 1.88. The zero-order valence-electron chi connectivity index (χ0n) is 5.70. The summed E-state index contributed by atoms with van der Waals surface area (Å²) in [6, 6.07) is 8.37. The predicted octanol–water partition coefficient (Wildman–Crippen LogP) is 1.62. The summed E-state index contributed by atoms with van der Waals surface area (Å²) in [4.78, 5) is 0. The predicted molar refractivity (Wildman–Crippen MR) is 46.8 cm³/mol. The second kappa shape index (κ2) is 3.30. The molecule has 1 rings (SSSR count). The second-order valence-electron chi connectivity index (χ2n) is 1.95. The van der Waals surface area contributed by atoms with Crippen molar-refractivity contribution < 1.29 is 4.48 Å². The highest BCUT2D eigenvalue weighted by molar-refractivity contribution is 7.80. The van der Waals surface area contributed by atoms with E-state index in [1.807, 2.05) is 0 Å². The molecule has 0 bridgehead atoms. The summed E-state index contributed by atoms with van der Waals surface area (Å²) in [5.41, 5.74) is 5.40. The van der Waals surface area contributed by atoms with E-state index in [1.165, 1.54) is 0 Å². The molecule has 0 radical (unpaired) electrons. The lowest BCUT2D eigenvalue weighted by Crippen LogP contribution is -2.27. The number of nitrogens with zero attached hydrogens (tertiary/aromatic N) is 1. The smallest absolute Gasteiger partial charge is 0.200 e. The summed E-state index contributed by atoms with van der Waals surface area (Å²) in [5.74, 6) is 0. The zero-order chi connectivity index (χ0) is 8.27. The van der Waals surface area contributed by atoms with Crippen LogP contribution in [0.5, 0.6) is 0 Å². The molecule has 0 aliphatic rings. The van der Waals surface area contributed by atoms with Crippen molar-refractivity contribution >= 4 is 23.0 Å². The van der Waals surface area contributed by atoms with E-state index in [0.717, 1.165) is 0 Å². The molecule has 0 amide bonds. The van der Waals surface area contributed by atoms with Gasteiger partial charge in [-0.05, 0) is 24.4 Å². The maximum absolute atomic E-state index is 12.8. The Labute approximate surface area is 69.4 Å². The van der Waals surface area contributed by atoms with Crippen molar-refractivity contribution in [2.24, 2.45) is 5.73 Å². The summed E-state index contributed by atoms with van der Waals surface area (Å²) in [6.07, 6.45) is 0. The number of hydrogen-bond donors (Lipinski definition) is 1. The van der Waals surface area contributed by atoms with Crippen LogP contribution in [0.4, 0.5) is 10.2 Å². The highest BCUT2D eigenvalue weighted by Crippen LogP contribution is 2.12. The number of hydrogen-bond acceptors (Lipinski definition) is 1. The molecule has 11 heavy (non-hydrogen) atoms. The van der Waals surface area contributed by atoms with Crippen molar-refractivity contribution in [3.63, 3.8) is 0 Å². The molecule has 0 saturated heterocycles. The summed E-state index contributed by atoms with van der Waals surface area (Å²) in [5, 5.41) is -0.0220. The molecular formula is C7H7FN2S. The first-order chi connectivity index (χ1) is 5.22. The summed E-state index contributed by atoms with van der Waals surface area (Å²) >= 11 is 4.43. The van der Waals surface area contributed by atoms with Crippen LogP contribution in [-0.4, -0.2) is 5.11 Å². The Bertz CT molecular complexity index is 250. The Morgan fingerprint density at radius 3 is 2.36 bits per heavy atom. The molecule has 0 aliphatic carbocycles. The number of halogens is 1. The molecule has 0 unspecified atom stereocenters. The van der Waals surface area contributed by atoms with Crippen LogP contribution >= 0.6 is 12.2 Å². The zero-order valence-corrected chi connectivity index (χ0v) is 6.51. The quantitative estimate of drug-likeness (QED) is 0.513. The van der Waals surface area contributed by atoms with Gasteiger partial charge in [-0.3, -0.25) is 0 Å². The van der Waals surface area contributed by atoms with Crippen molar-refractivity contribution in [1.29, 1.82) is 0 Å². The Hall–Kier alpha value is -1.16. The summed E-state index contributed by atoms with van der Waals surface area (Å²) in [7, 11) is 0. The molecule has 0 saturated carbocycles. The molecule has 1 aromatic rings. The Morgan fingerprint density at radius 1 is 1.36 bits per heavy atom. The number of anilines is 1. The van der Waals surface area contributed by atoms with Gasteiger partial charge in [0.05, 0.1) is 5.69 Å². The van der Waals surface area contributed by atoms with Crippen molar-refractivity contribution in [3.05, 3.63) is 30.3 Å². The fourth-order valence-corrected chi connectivity index (χ4v) is 0.792. The van der Waals surface area contributed by atoms with Gasteiger partial charge in [-0.2, -0.15) is 5.12 Å². The lowest BCUT2D eigenvalue weighted by Gasteiger charge is -2.09. The molecule has 0 spiro atoms. The van der Waals surface area contributed by atoms with E-state index in [2.05, 4.69) is 12.2 Å². The largest absolute Gasteiger partial charge is 0.374 e. The number of para-hydroxylation sites is 1. The van der Waals surface area contributed by atoms with Gasteiger partial charge in [0, 0.05) is 0 Å². The van der Waals surface area contributed by atoms with E-state index < -0.39 is 0 Å².